The minimum Gasteiger partial charge on any atom is -0.460 e. The van der Waals surface area contributed by atoms with E-state index in [-0.39, 0.29) is 44.0 Å². The van der Waals surface area contributed by atoms with Gasteiger partial charge in [-0.3, -0.25) is 19.2 Å². The highest BCUT2D eigenvalue weighted by molar-refractivity contribution is 6.34. The molecule has 1 aromatic carbocycles. The van der Waals surface area contributed by atoms with Gasteiger partial charge < -0.3 is 29.7 Å². The number of unbranched alkanes of at least 4 members (excludes halogenated alkanes) is 1. The maximum Gasteiger partial charge on any atom is 0.312 e. The van der Waals surface area contributed by atoms with Crippen LogP contribution in [-0.4, -0.2) is 83.8 Å². The van der Waals surface area contributed by atoms with Gasteiger partial charge in [-0.1, -0.05) is 35.9 Å². The van der Waals surface area contributed by atoms with Crippen LogP contribution in [0.1, 0.15) is 45.4 Å². The summed E-state index contributed by atoms with van der Waals surface area (Å²) in [7, 11) is 0. The molecule has 2 bridgehead atoms. The number of anilines is 1. The fraction of sp³-hybridized carbons (Fsp3) is 0.548. The number of likely N-dealkylation sites (tertiary alicyclic amines) is 1. The monoisotopic (exact) mass is 601 g/mol. The van der Waals surface area contributed by atoms with E-state index in [0.717, 1.165) is 0 Å². The summed E-state index contributed by atoms with van der Waals surface area (Å²) in [5.74, 6) is -3.22. The largest absolute Gasteiger partial charge is 0.460 e. The molecule has 0 aromatic heterocycles. The number of nitrogens with zero attached hydrogens (tertiary/aromatic N) is 2. The van der Waals surface area contributed by atoms with Gasteiger partial charge in [0.15, 0.2) is 0 Å². The van der Waals surface area contributed by atoms with E-state index in [4.69, 9.17) is 21.1 Å². The Hall–Kier alpha value is -3.21. The van der Waals surface area contributed by atoms with E-state index in [9.17, 15) is 24.3 Å². The summed E-state index contributed by atoms with van der Waals surface area (Å²) in [6, 6.07) is 5.97. The van der Waals surface area contributed by atoms with E-state index < -0.39 is 41.7 Å². The van der Waals surface area contributed by atoms with Crippen molar-refractivity contribution in [1.82, 2.24) is 10.2 Å². The normalized spacial score (nSPS) is 26.5. The number of ether oxygens (including phenoxy) is 2. The summed E-state index contributed by atoms with van der Waals surface area (Å²) in [5, 5.41) is 12.5. The second-order valence-corrected chi connectivity index (χ2v) is 11.5. The Bertz CT molecular complexity index is 1210. The molecule has 3 aliphatic heterocycles. The number of esters is 1. The number of allylic oxidation sites excluding steroid dienone is 1. The predicted octanol–water partition coefficient (Wildman–Crippen LogP) is 3.02. The molecule has 10 nitrogen and oxygen atoms in total. The van der Waals surface area contributed by atoms with Gasteiger partial charge >= 0.3 is 5.97 Å². The molecule has 0 radical (unpaired) electrons. The van der Waals surface area contributed by atoms with E-state index in [1.165, 1.54) is 9.80 Å². The van der Waals surface area contributed by atoms with Crippen LogP contribution in [0.5, 0.6) is 0 Å². The lowest BCUT2D eigenvalue weighted by atomic mass is 9.70. The Kier molecular flexibility index (Phi) is 10.5. The van der Waals surface area contributed by atoms with Crippen molar-refractivity contribution in [3.63, 3.8) is 0 Å². The number of carbonyl (C=O) groups excluding carboxylic acids is 4. The van der Waals surface area contributed by atoms with Crippen LogP contribution in [0.3, 0.4) is 0 Å². The maximum absolute atomic E-state index is 14.4. The zero-order valence-electron chi connectivity index (χ0n) is 24.0. The van der Waals surface area contributed by atoms with Crippen molar-refractivity contribution in [3.8, 4) is 0 Å². The number of fused-ring (bicyclic) bond motifs is 1. The van der Waals surface area contributed by atoms with Gasteiger partial charge in [0, 0.05) is 26.1 Å². The third-order valence-electron chi connectivity index (χ3n) is 8.31. The van der Waals surface area contributed by atoms with Crippen molar-refractivity contribution in [2.45, 2.75) is 69.3 Å². The number of halogens is 1. The van der Waals surface area contributed by atoms with Crippen LogP contribution in [0.4, 0.5) is 5.69 Å². The lowest BCUT2D eigenvalue weighted by Crippen LogP contribution is -2.56. The summed E-state index contributed by atoms with van der Waals surface area (Å²) in [6.45, 7) is 9.55. The molecular weight excluding hydrogens is 562 g/mol. The zero-order valence-corrected chi connectivity index (χ0v) is 24.8. The Morgan fingerprint density at radius 2 is 2.05 bits per heavy atom. The average molecular weight is 602 g/mol. The van der Waals surface area contributed by atoms with Gasteiger partial charge in [0.05, 0.1) is 35.2 Å². The SMILES string of the molecule is C=CCCC(=O)NC[C@@H](C)OC(=O)[C@@H]1[C@H]2C(=O)N(CCCCO)[C@H](C(=O)N(CC=C)c3ccccc3Cl)[C@]23CC[C@H]1O3. The molecule has 0 saturated carbocycles. The van der Waals surface area contributed by atoms with E-state index in [2.05, 4.69) is 18.5 Å². The summed E-state index contributed by atoms with van der Waals surface area (Å²) in [4.78, 5) is 57.0. The summed E-state index contributed by atoms with van der Waals surface area (Å²) in [6.07, 6.45) is 4.75. The van der Waals surface area contributed by atoms with Crippen LogP contribution in [-0.2, 0) is 28.7 Å². The number of benzene rings is 1. The second kappa shape index (κ2) is 13.8. The van der Waals surface area contributed by atoms with Gasteiger partial charge in [0.25, 0.3) is 5.91 Å². The van der Waals surface area contributed by atoms with Crippen LogP contribution in [0.25, 0.3) is 0 Å². The van der Waals surface area contributed by atoms with Crippen LogP contribution in [0.2, 0.25) is 5.02 Å². The van der Waals surface area contributed by atoms with Crippen molar-refractivity contribution in [2.75, 3.05) is 31.1 Å². The van der Waals surface area contributed by atoms with E-state index in [0.29, 0.717) is 49.2 Å². The van der Waals surface area contributed by atoms with Gasteiger partial charge in [-0.25, -0.2) is 0 Å². The highest BCUT2D eigenvalue weighted by atomic mass is 35.5. The third kappa shape index (κ3) is 6.11. The van der Waals surface area contributed by atoms with Gasteiger partial charge in [-0.15, -0.1) is 13.2 Å². The number of carbonyl (C=O) groups is 4. The maximum atomic E-state index is 14.4. The van der Waals surface area contributed by atoms with Crippen molar-refractivity contribution >= 4 is 41.0 Å². The molecule has 3 fully saturated rings. The number of amides is 3. The molecule has 1 aromatic rings. The number of hydrogen-bond acceptors (Lipinski definition) is 7. The average Bonchev–Trinajstić information content (AvgIpc) is 3.61. The standard InChI is InChI=1S/C31H40ClN3O7/c1-4-6-13-24(37)33-19-20(3)41-30(40)25-23-14-15-31(42-23)26(25)28(38)35(17-9-10-18-36)27(31)29(39)34(16-5-2)22-12-8-7-11-21(22)32/h4-5,7-8,11-12,20,23,25-27,36H,1-2,6,9-10,13-19H2,3H3,(H,33,37)/t20-,23-,25+,26+,27-,31+/m1/s1. The first-order chi connectivity index (χ1) is 20.2. The molecule has 0 unspecified atom stereocenters. The van der Waals surface area contributed by atoms with Crippen molar-refractivity contribution in [3.05, 3.63) is 54.6 Å². The van der Waals surface area contributed by atoms with Crippen molar-refractivity contribution < 1.29 is 33.8 Å². The van der Waals surface area contributed by atoms with Gasteiger partial charge in [0.1, 0.15) is 17.7 Å². The summed E-state index contributed by atoms with van der Waals surface area (Å²) < 4.78 is 12.2. The van der Waals surface area contributed by atoms with Crippen LogP contribution in [0, 0.1) is 11.8 Å². The van der Waals surface area contributed by atoms with E-state index in [1.54, 1.807) is 43.3 Å². The highest BCUT2D eigenvalue weighted by Crippen LogP contribution is 2.59. The first-order valence-corrected chi connectivity index (χ1v) is 14.9. The molecule has 228 valence electrons. The molecule has 4 rings (SSSR count). The third-order valence-corrected chi connectivity index (χ3v) is 8.63. The van der Waals surface area contributed by atoms with Crippen LogP contribution >= 0.6 is 11.6 Å². The van der Waals surface area contributed by atoms with Crippen molar-refractivity contribution in [2.24, 2.45) is 11.8 Å². The van der Waals surface area contributed by atoms with Gasteiger partial charge in [-0.05, 0) is 51.2 Å². The Balaban J connectivity index is 1.60. The minimum absolute atomic E-state index is 0.0486. The molecule has 6 atom stereocenters. The van der Waals surface area contributed by atoms with Crippen molar-refractivity contribution in [1.29, 1.82) is 0 Å². The topological polar surface area (TPSA) is 125 Å². The van der Waals surface area contributed by atoms with E-state index in [1.807, 2.05) is 0 Å². The number of aliphatic hydroxyl groups excluding tert-OH is 1. The molecule has 11 heteroatoms. The minimum atomic E-state index is -1.20. The molecule has 3 aliphatic rings. The van der Waals surface area contributed by atoms with Crippen LogP contribution < -0.4 is 10.2 Å². The van der Waals surface area contributed by atoms with E-state index >= 15 is 0 Å². The van der Waals surface area contributed by atoms with Gasteiger partial charge in [0.2, 0.25) is 11.8 Å². The molecule has 0 aliphatic carbocycles. The Morgan fingerprint density at radius 1 is 1.29 bits per heavy atom. The highest BCUT2D eigenvalue weighted by Gasteiger charge is 2.75. The summed E-state index contributed by atoms with van der Waals surface area (Å²) >= 11 is 6.48. The first-order valence-electron chi connectivity index (χ1n) is 14.5. The number of aliphatic hydroxyl groups is 1. The predicted molar refractivity (Wildman–Crippen MR) is 158 cm³/mol. The lowest BCUT2D eigenvalue weighted by molar-refractivity contribution is -0.159. The molecular formula is C31H40ClN3O7. The number of para-hydroxylation sites is 1. The Morgan fingerprint density at radius 3 is 2.74 bits per heavy atom. The molecule has 3 amide bonds. The fourth-order valence-electron chi connectivity index (χ4n) is 6.49. The Labute approximate surface area is 251 Å². The molecule has 3 saturated heterocycles. The quantitative estimate of drug-likeness (QED) is 0.180. The number of nitrogens with one attached hydrogen (secondary N) is 1. The zero-order chi connectivity index (χ0) is 30.4. The molecule has 42 heavy (non-hydrogen) atoms. The second-order valence-electron chi connectivity index (χ2n) is 11.1. The summed E-state index contributed by atoms with van der Waals surface area (Å²) in [5.41, 5.74) is -0.719. The molecule has 3 heterocycles. The van der Waals surface area contributed by atoms with Crippen LogP contribution in [0.15, 0.2) is 49.6 Å². The number of hydrogen-bond donors (Lipinski definition) is 2. The molecule has 2 N–H and O–H groups in total. The van der Waals surface area contributed by atoms with Gasteiger partial charge in [-0.2, -0.15) is 0 Å². The number of rotatable bonds is 15. The first kappa shape index (κ1) is 31.7. The lowest BCUT2D eigenvalue weighted by Gasteiger charge is -2.37. The smallest absolute Gasteiger partial charge is 0.312 e. The molecule has 1 spiro atoms. The fourth-order valence-corrected chi connectivity index (χ4v) is 6.72.